The fourth-order valence-corrected chi connectivity index (χ4v) is 2.12. The normalized spacial score (nSPS) is 10.5. The van der Waals surface area contributed by atoms with Gasteiger partial charge >= 0.3 is 0 Å². The molecule has 0 amide bonds. The molecule has 80 valence electrons. The second-order valence-electron chi connectivity index (χ2n) is 3.39. The van der Waals surface area contributed by atoms with Crippen LogP contribution in [-0.4, -0.2) is 17.0 Å². The molecule has 0 spiro atoms. The van der Waals surface area contributed by atoms with Crippen molar-refractivity contribution in [2.45, 2.75) is 13.1 Å². The Hall–Kier alpha value is -1.33. The topological polar surface area (TPSA) is 57.9 Å². The average molecular weight is 222 g/mol. The Morgan fingerprint density at radius 2 is 2.47 bits per heavy atom. The van der Waals surface area contributed by atoms with E-state index < -0.39 is 0 Å². The van der Waals surface area contributed by atoms with Crippen LogP contribution >= 0.6 is 11.3 Å². The third-order valence-electron chi connectivity index (χ3n) is 2.15. The number of hydrogen-bond acceptors (Lipinski definition) is 4. The fraction of sp³-hybridized carbons (Fsp3) is 0.300. The molecule has 2 rings (SSSR count). The van der Waals surface area contributed by atoms with E-state index >= 15 is 0 Å². The third-order valence-corrected chi connectivity index (χ3v) is 3.29. The van der Waals surface area contributed by atoms with Crippen molar-refractivity contribution in [1.82, 2.24) is 9.97 Å². The van der Waals surface area contributed by atoms with Gasteiger partial charge in [0, 0.05) is 43.6 Å². The highest BCUT2D eigenvalue weighted by atomic mass is 32.1. The Bertz CT molecular complexity index is 407. The Morgan fingerprint density at radius 3 is 3.07 bits per heavy atom. The van der Waals surface area contributed by atoms with Crippen LogP contribution in [0.15, 0.2) is 24.7 Å². The molecule has 0 aliphatic rings. The Morgan fingerprint density at radius 1 is 1.60 bits per heavy atom. The fourth-order valence-electron chi connectivity index (χ4n) is 1.37. The summed E-state index contributed by atoms with van der Waals surface area (Å²) in [5.41, 5.74) is 6.80. The lowest BCUT2D eigenvalue weighted by molar-refractivity contribution is 0.916. The molecule has 0 aliphatic carbocycles. The van der Waals surface area contributed by atoms with Crippen LogP contribution in [0, 0.1) is 0 Å². The van der Waals surface area contributed by atoms with Gasteiger partial charge in [-0.25, -0.2) is 4.98 Å². The van der Waals surface area contributed by atoms with Crippen molar-refractivity contribution in [1.29, 1.82) is 0 Å². The van der Waals surface area contributed by atoms with Crippen LogP contribution < -0.4 is 10.6 Å². The summed E-state index contributed by atoms with van der Waals surface area (Å²) in [5, 5.41) is 1.01. The molecule has 0 unspecified atom stereocenters. The Balaban J connectivity index is 2.04. The largest absolute Gasteiger partial charge is 0.367 e. The summed E-state index contributed by atoms with van der Waals surface area (Å²) in [6, 6.07) is 2.06. The number of nitrogens with one attached hydrogen (secondary N) is 1. The molecule has 0 bridgehead atoms. The molecule has 2 heterocycles. The van der Waals surface area contributed by atoms with Crippen molar-refractivity contribution in [3.63, 3.8) is 0 Å². The molecule has 2 aromatic heterocycles. The van der Waals surface area contributed by atoms with Gasteiger partial charge in [0.25, 0.3) is 0 Å². The molecule has 0 aromatic carbocycles. The van der Waals surface area contributed by atoms with Crippen LogP contribution in [0.1, 0.15) is 10.4 Å². The van der Waals surface area contributed by atoms with Gasteiger partial charge < -0.3 is 15.6 Å². The zero-order valence-corrected chi connectivity index (χ0v) is 9.42. The first kappa shape index (κ1) is 10.2. The second-order valence-corrected chi connectivity index (χ2v) is 4.48. The quantitative estimate of drug-likeness (QED) is 0.825. The van der Waals surface area contributed by atoms with Crippen LogP contribution in [0.3, 0.4) is 0 Å². The van der Waals surface area contributed by atoms with E-state index in [1.807, 2.05) is 25.6 Å². The number of anilines is 1. The first-order valence-corrected chi connectivity index (χ1v) is 5.59. The SMILES string of the molecule is CN(Cc1cc[nH]c1)c1ncc(CN)s1. The summed E-state index contributed by atoms with van der Waals surface area (Å²) in [6.45, 7) is 1.43. The molecule has 5 heteroatoms. The number of rotatable bonds is 4. The number of aromatic nitrogens is 2. The zero-order chi connectivity index (χ0) is 10.7. The first-order chi connectivity index (χ1) is 7.29. The molecule has 2 aromatic rings. The molecule has 4 nitrogen and oxygen atoms in total. The molecule has 0 saturated carbocycles. The number of nitrogens with zero attached hydrogens (tertiary/aromatic N) is 2. The minimum Gasteiger partial charge on any atom is -0.367 e. The number of nitrogens with two attached hydrogens (primary N) is 1. The van der Waals surface area contributed by atoms with Gasteiger partial charge in [0.2, 0.25) is 0 Å². The van der Waals surface area contributed by atoms with E-state index in [1.165, 1.54) is 5.56 Å². The van der Waals surface area contributed by atoms with Crippen LogP contribution in [0.2, 0.25) is 0 Å². The van der Waals surface area contributed by atoms with E-state index in [0.717, 1.165) is 16.6 Å². The van der Waals surface area contributed by atoms with Crippen LogP contribution in [-0.2, 0) is 13.1 Å². The van der Waals surface area contributed by atoms with Crippen molar-refractivity contribution < 1.29 is 0 Å². The molecule has 0 fully saturated rings. The second kappa shape index (κ2) is 4.46. The molecule has 0 saturated heterocycles. The molecule has 15 heavy (non-hydrogen) atoms. The van der Waals surface area contributed by atoms with E-state index in [4.69, 9.17) is 5.73 Å². The van der Waals surface area contributed by atoms with Gasteiger partial charge in [-0.3, -0.25) is 0 Å². The van der Waals surface area contributed by atoms with Crippen molar-refractivity contribution in [2.75, 3.05) is 11.9 Å². The van der Waals surface area contributed by atoms with Gasteiger partial charge in [0.1, 0.15) is 0 Å². The smallest absolute Gasteiger partial charge is 0.185 e. The van der Waals surface area contributed by atoms with E-state index in [-0.39, 0.29) is 0 Å². The summed E-state index contributed by atoms with van der Waals surface area (Å²) in [4.78, 5) is 10.6. The first-order valence-electron chi connectivity index (χ1n) is 4.77. The van der Waals surface area contributed by atoms with Crippen molar-refractivity contribution in [3.8, 4) is 0 Å². The van der Waals surface area contributed by atoms with Gasteiger partial charge in [-0.15, -0.1) is 11.3 Å². The van der Waals surface area contributed by atoms with Crippen molar-refractivity contribution in [3.05, 3.63) is 35.1 Å². The summed E-state index contributed by atoms with van der Waals surface area (Å²) in [6.07, 6.45) is 5.76. The minimum absolute atomic E-state index is 0.565. The predicted octanol–water partition coefficient (Wildman–Crippen LogP) is 1.57. The summed E-state index contributed by atoms with van der Waals surface area (Å²) < 4.78 is 0. The number of aromatic amines is 1. The highest BCUT2D eigenvalue weighted by molar-refractivity contribution is 7.15. The third kappa shape index (κ3) is 2.37. The summed E-state index contributed by atoms with van der Waals surface area (Å²) in [7, 11) is 2.03. The molecule has 0 radical (unpaired) electrons. The molecule has 0 aliphatic heterocycles. The minimum atomic E-state index is 0.565. The Labute approximate surface area is 92.8 Å². The monoisotopic (exact) mass is 222 g/mol. The summed E-state index contributed by atoms with van der Waals surface area (Å²) >= 11 is 1.64. The number of H-pyrrole nitrogens is 1. The standard InChI is InChI=1S/C10H14N4S/c1-14(7-8-2-3-12-5-8)10-13-6-9(4-11)15-10/h2-3,5-6,12H,4,7,11H2,1H3. The molecular formula is C10H14N4S. The van der Waals surface area contributed by atoms with Gasteiger partial charge in [-0.2, -0.15) is 0 Å². The van der Waals surface area contributed by atoms with Crippen LogP contribution in [0.25, 0.3) is 0 Å². The highest BCUT2D eigenvalue weighted by Gasteiger charge is 2.06. The maximum atomic E-state index is 5.55. The van der Waals surface area contributed by atoms with E-state index in [2.05, 4.69) is 20.9 Å². The number of thiazole rings is 1. The van der Waals surface area contributed by atoms with Gasteiger partial charge in [0.15, 0.2) is 5.13 Å². The van der Waals surface area contributed by atoms with Gasteiger partial charge in [-0.1, -0.05) is 0 Å². The van der Waals surface area contributed by atoms with Gasteiger partial charge in [-0.05, 0) is 11.6 Å². The van der Waals surface area contributed by atoms with E-state index in [9.17, 15) is 0 Å². The van der Waals surface area contributed by atoms with Gasteiger partial charge in [0.05, 0.1) is 0 Å². The van der Waals surface area contributed by atoms with Crippen LogP contribution in [0.5, 0.6) is 0 Å². The Kier molecular flexibility index (Phi) is 3.03. The van der Waals surface area contributed by atoms with E-state index in [0.29, 0.717) is 6.54 Å². The summed E-state index contributed by atoms with van der Waals surface area (Å²) in [5.74, 6) is 0. The van der Waals surface area contributed by atoms with Crippen molar-refractivity contribution in [2.24, 2.45) is 5.73 Å². The average Bonchev–Trinajstić information content (AvgIpc) is 2.86. The van der Waals surface area contributed by atoms with E-state index in [1.54, 1.807) is 11.3 Å². The predicted molar refractivity (Wildman–Crippen MR) is 62.9 cm³/mol. The number of hydrogen-bond donors (Lipinski definition) is 2. The highest BCUT2D eigenvalue weighted by Crippen LogP contribution is 2.22. The molecule has 0 atom stereocenters. The van der Waals surface area contributed by atoms with Crippen LogP contribution in [0.4, 0.5) is 5.13 Å². The maximum Gasteiger partial charge on any atom is 0.185 e. The zero-order valence-electron chi connectivity index (χ0n) is 8.60. The lowest BCUT2D eigenvalue weighted by Crippen LogP contribution is -2.15. The van der Waals surface area contributed by atoms with Crippen molar-refractivity contribution >= 4 is 16.5 Å². The maximum absolute atomic E-state index is 5.55. The molecular weight excluding hydrogens is 208 g/mol. The lowest BCUT2D eigenvalue weighted by atomic mass is 10.3. The molecule has 3 N–H and O–H groups in total. The lowest BCUT2D eigenvalue weighted by Gasteiger charge is -2.14.